The summed E-state index contributed by atoms with van der Waals surface area (Å²) < 4.78 is 1.36. The van der Waals surface area contributed by atoms with Crippen molar-refractivity contribution in [1.29, 1.82) is 0 Å². The van der Waals surface area contributed by atoms with Crippen LogP contribution in [0.15, 0.2) is 29.5 Å². The van der Waals surface area contributed by atoms with Gasteiger partial charge in [-0.25, -0.2) is 9.67 Å². The maximum atomic E-state index is 11.6. The zero-order valence-corrected chi connectivity index (χ0v) is 9.71. The second-order valence-corrected chi connectivity index (χ2v) is 3.67. The molecule has 0 saturated carbocycles. The van der Waals surface area contributed by atoms with Crippen LogP contribution in [0.3, 0.4) is 0 Å². The molecule has 0 radical (unpaired) electrons. The van der Waals surface area contributed by atoms with Crippen LogP contribution in [0.5, 0.6) is 0 Å². The van der Waals surface area contributed by atoms with E-state index in [0.717, 1.165) is 5.56 Å². The van der Waals surface area contributed by atoms with Crippen molar-refractivity contribution in [3.63, 3.8) is 0 Å². The molecule has 0 saturated heterocycles. The molecule has 17 heavy (non-hydrogen) atoms. The van der Waals surface area contributed by atoms with Gasteiger partial charge in [0.15, 0.2) is 0 Å². The summed E-state index contributed by atoms with van der Waals surface area (Å²) in [5, 5.41) is 6.92. The van der Waals surface area contributed by atoms with E-state index in [1.807, 2.05) is 6.92 Å². The van der Waals surface area contributed by atoms with Gasteiger partial charge < -0.3 is 5.32 Å². The molecule has 0 spiro atoms. The second-order valence-electron chi connectivity index (χ2n) is 3.67. The van der Waals surface area contributed by atoms with Gasteiger partial charge in [0.2, 0.25) is 0 Å². The molecule has 0 aliphatic heterocycles. The van der Waals surface area contributed by atoms with Gasteiger partial charge in [-0.15, -0.1) is 0 Å². The van der Waals surface area contributed by atoms with Crippen LogP contribution in [0.25, 0.3) is 0 Å². The van der Waals surface area contributed by atoms with Crippen LogP contribution in [-0.4, -0.2) is 26.8 Å². The lowest BCUT2D eigenvalue weighted by Gasteiger charge is -2.04. The lowest BCUT2D eigenvalue weighted by atomic mass is 10.3. The van der Waals surface area contributed by atoms with Gasteiger partial charge in [-0.2, -0.15) is 5.10 Å². The number of rotatable bonds is 3. The molecular weight excluding hydrogens is 218 g/mol. The highest BCUT2D eigenvalue weighted by atomic mass is 16.1. The van der Waals surface area contributed by atoms with Gasteiger partial charge in [0, 0.05) is 13.1 Å². The minimum absolute atomic E-state index is 0.135. The molecule has 6 nitrogen and oxygen atoms in total. The molecule has 0 atom stereocenters. The van der Waals surface area contributed by atoms with Crippen LogP contribution in [0.4, 0.5) is 5.82 Å². The van der Waals surface area contributed by atoms with Crippen molar-refractivity contribution in [3.05, 3.63) is 46.3 Å². The summed E-state index contributed by atoms with van der Waals surface area (Å²) >= 11 is 0. The summed E-state index contributed by atoms with van der Waals surface area (Å²) in [5.41, 5.74) is 1.41. The zero-order valence-electron chi connectivity index (χ0n) is 9.71. The first kappa shape index (κ1) is 11.3. The third-order valence-corrected chi connectivity index (χ3v) is 2.28. The van der Waals surface area contributed by atoms with Gasteiger partial charge in [0.05, 0.1) is 30.8 Å². The Bertz CT molecular complexity index is 561. The Hall–Kier alpha value is -2.24. The normalized spacial score (nSPS) is 10.2. The van der Waals surface area contributed by atoms with Crippen LogP contribution in [0, 0.1) is 6.92 Å². The predicted octanol–water partition coefficient (Wildman–Crippen LogP) is 0.432. The van der Waals surface area contributed by atoms with E-state index in [0.29, 0.717) is 18.1 Å². The van der Waals surface area contributed by atoms with Crippen LogP contribution in [0.2, 0.25) is 0 Å². The summed E-state index contributed by atoms with van der Waals surface area (Å²) in [4.78, 5) is 19.9. The molecule has 0 aromatic carbocycles. The fourth-order valence-electron chi connectivity index (χ4n) is 1.36. The highest BCUT2D eigenvalue weighted by Gasteiger charge is 2.01. The first-order chi connectivity index (χ1) is 8.19. The summed E-state index contributed by atoms with van der Waals surface area (Å²) in [6.07, 6.45) is 4.89. The van der Waals surface area contributed by atoms with E-state index < -0.39 is 0 Å². The molecule has 1 N–H and O–H groups in total. The van der Waals surface area contributed by atoms with Crippen LogP contribution < -0.4 is 10.9 Å². The number of aryl methyl sites for hydroxylation is 1. The topological polar surface area (TPSA) is 72.7 Å². The van der Waals surface area contributed by atoms with E-state index in [2.05, 4.69) is 20.4 Å². The molecule has 6 heteroatoms. The van der Waals surface area contributed by atoms with E-state index in [1.165, 1.54) is 4.68 Å². The largest absolute Gasteiger partial charge is 0.372 e. The molecule has 0 bridgehead atoms. The number of nitrogens with one attached hydrogen (secondary N) is 1. The second kappa shape index (κ2) is 4.73. The van der Waals surface area contributed by atoms with Crippen molar-refractivity contribution in [2.45, 2.75) is 13.5 Å². The van der Waals surface area contributed by atoms with Gasteiger partial charge in [0.25, 0.3) is 5.56 Å². The molecule has 0 fully saturated rings. The average molecular weight is 231 g/mol. The van der Waals surface area contributed by atoms with Crippen molar-refractivity contribution in [3.8, 4) is 0 Å². The summed E-state index contributed by atoms with van der Waals surface area (Å²) in [6, 6.07) is 1.54. The number of aromatic nitrogens is 4. The molecule has 2 rings (SSSR count). The van der Waals surface area contributed by atoms with Crippen molar-refractivity contribution < 1.29 is 0 Å². The molecule has 0 unspecified atom stereocenters. The van der Waals surface area contributed by atoms with E-state index in [4.69, 9.17) is 0 Å². The van der Waals surface area contributed by atoms with Gasteiger partial charge in [-0.3, -0.25) is 9.78 Å². The highest BCUT2D eigenvalue weighted by molar-refractivity contribution is 5.29. The summed E-state index contributed by atoms with van der Waals surface area (Å²) in [5.74, 6) is 0.693. The Labute approximate surface area is 98.4 Å². The maximum Gasteiger partial charge on any atom is 0.267 e. The maximum absolute atomic E-state index is 11.6. The van der Waals surface area contributed by atoms with Crippen molar-refractivity contribution >= 4 is 5.82 Å². The molecule has 88 valence electrons. The SMILES string of the molecule is CNc1cnc(Cn2ncc(C)cc2=O)cn1. The van der Waals surface area contributed by atoms with Crippen LogP contribution in [-0.2, 0) is 6.54 Å². The minimum atomic E-state index is -0.135. The Morgan fingerprint density at radius 1 is 1.29 bits per heavy atom. The van der Waals surface area contributed by atoms with Gasteiger partial charge in [0.1, 0.15) is 5.82 Å². The molecule has 0 aliphatic carbocycles. The van der Waals surface area contributed by atoms with E-state index in [9.17, 15) is 4.79 Å². The predicted molar refractivity (Wildman–Crippen MR) is 63.9 cm³/mol. The van der Waals surface area contributed by atoms with Crippen molar-refractivity contribution in [1.82, 2.24) is 19.7 Å². The van der Waals surface area contributed by atoms with Crippen molar-refractivity contribution in [2.24, 2.45) is 0 Å². The van der Waals surface area contributed by atoms with Gasteiger partial charge in [-0.1, -0.05) is 0 Å². The Morgan fingerprint density at radius 3 is 2.71 bits per heavy atom. The minimum Gasteiger partial charge on any atom is -0.372 e. The molecule has 2 heterocycles. The number of anilines is 1. The quantitative estimate of drug-likeness (QED) is 0.829. The lowest BCUT2D eigenvalue weighted by molar-refractivity contribution is 0.623. The van der Waals surface area contributed by atoms with E-state index in [-0.39, 0.29) is 5.56 Å². The monoisotopic (exact) mass is 231 g/mol. The van der Waals surface area contributed by atoms with Crippen LogP contribution in [0.1, 0.15) is 11.3 Å². The Kier molecular flexibility index (Phi) is 3.13. The van der Waals surface area contributed by atoms with Gasteiger partial charge in [-0.05, 0) is 12.5 Å². The lowest BCUT2D eigenvalue weighted by Crippen LogP contribution is -2.23. The number of hydrogen-bond acceptors (Lipinski definition) is 5. The molecule has 0 amide bonds. The average Bonchev–Trinajstić information content (AvgIpc) is 2.34. The molecule has 0 aliphatic rings. The third-order valence-electron chi connectivity index (χ3n) is 2.28. The smallest absolute Gasteiger partial charge is 0.267 e. The third kappa shape index (κ3) is 2.66. The molecular formula is C11H13N5O. The van der Waals surface area contributed by atoms with E-state index in [1.54, 1.807) is 31.7 Å². The van der Waals surface area contributed by atoms with E-state index >= 15 is 0 Å². The molecule has 2 aromatic heterocycles. The van der Waals surface area contributed by atoms with Crippen molar-refractivity contribution in [2.75, 3.05) is 12.4 Å². The fraction of sp³-hybridized carbons (Fsp3) is 0.273. The first-order valence-corrected chi connectivity index (χ1v) is 5.21. The molecule has 2 aromatic rings. The zero-order chi connectivity index (χ0) is 12.3. The summed E-state index contributed by atoms with van der Waals surface area (Å²) in [7, 11) is 1.77. The highest BCUT2D eigenvalue weighted by Crippen LogP contribution is 2.00. The Morgan fingerprint density at radius 2 is 2.12 bits per heavy atom. The number of nitrogens with zero attached hydrogens (tertiary/aromatic N) is 4. The number of hydrogen-bond donors (Lipinski definition) is 1. The first-order valence-electron chi connectivity index (χ1n) is 5.21. The Balaban J connectivity index is 2.22. The summed E-state index contributed by atoms with van der Waals surface area (Å²) in [6.45, 7) is 2.16. The standard InChI is InChI=1S/C11H13N5O/c1-8-3-11(17)16(15-4-8)7-9-5-14-10(12-2)6-13-9/h3-6H,7H2,1-2H3,(H,12,14). The van der Waals surface area contributed by atoms with Crippen LogP contribution >= 0.6 is 0 Å². The fourth-order valence-corrected chi connectivity index (χ4v) is 1.36. The van der Waals surface area contributed by atoms with Gasteiger partial charge >= 0.3 is 0 Å².